The Kier molecular flexibility index (Phi) is 36.7. The molecule has 0 aliphatic carbocycles. The van der Waals surface area contributed by atoms with E-state index in [4.69, 9.17) is 98.2 Å². The van der Waals surface area contributed by atoms with E-state index in [-0.39, 0.29) is 60.6 Å². The maximum atomic E-state index is 9.77. The molecular formula is C81H103Cl3N10O10P2. The summed E-state index contributed by atoms with van der Waals surface area (Å²) >= 11 is 18.7. The number of aromatic nitrogens is 6. The second kappa shape index (κ2) is 43.8. The van der Waals surface area contributed by atoms with Crippen molar-refractivity contribution in [2.75, 3.05) is 61.4 Å². The lowest BCUT2D eigenvalue weighted by molar-refractivity contribution is -0.00464. The first-order chi connectivity index (χ1) is 49.8. The van der Waals surface area contributed by atoms with Gasteiger partial charge in [0.25, 0.3) is 8.53 Å². The molecule has 20 nitrogen and oxygen atoms in total. The third kappa shape index (κ3) is 22.4. The van der Waals surface area contributed by atoms with Crippen LogP contribution in [-0.4, -0.2) is 129 Å². The van der Waals surface area contributed by atoms with Gasteiger partial charge < -0.3 is 61.1 Å². The Morgan fingerprint density at radius 2 is 0.858 bits per heavy atom. The summed E-state index contributed by atoms with van der Waals surface area (Å²) < 4.78 is 62.2. The van der Waals surface area contributed by atoms with Crippen LogP contribution in [0.25, 0.3) is 27.2 Å². The largest absolute Gasteiger partial charge is 0.497 e. The van der Waals surface area contributed by atoms with Gasteiger partial charge >= 0.3 is 0 Å². The Morgan fingerprint density at radius 1 is 0.509 bits per heavy atom. The molecule has 0 spiro atoms. The maximum absolute atomic E-state index is 9.77. The number of benzene rings is 6. The Balaban J connectivity index is 0.000000322. The molecule has 4 heterocycles. The lowest BCUT2D eigenvalue weighted by atomic mass is 9.80. The van der Waals surface area contributed by atoms with E-state index in [9.17, 15) is 5.11 Å². The molecule has 10 rings (SSSR count). The maximum Gasteiger partial charge on any atom is 0.259 e. The van der Waals surface area contributed by atoms with Crippen molar-refractivity contribution in [1.82, 2.24) is 38.4 Å². The molecule has 0 fully saturated rings. The SMILES string of the molecule is C.C.C.COc1ccc(C(OCc2nc3cc(Cl)cnc3n2CCO)(c2ccccc2)c2ccc(OC)cc2)cc1.COc1ccc(C(OCc2nc3cc(Cl)cnc3n2CCOP(OCCC#N)N(C(C)C)C(C)C)(c2ccccc2)c2ccc(OC)cc2)cc1.[C-]#[N+]CCOP(Cl)N(C(C)C)C(C)C. The lowest BCUT2D eigenvalue weighted by Crippen LogP contribution is -2.34. The number of aliphatic hydroxyl groups excluding tert-OH is 1. The van der Waals surface area contributed by atoms with E-state index in [1.165, 1.54) is 0 Å². The minimum absolute atomic E-state index is 0. The molecule has 2 atom stereocenters. The molecule has 10 aromatic rings. The molecule has 106 heavy (non-hydrogen) atoms. The van der Waals surface area contributed by atoms with Crippen LogP contribution in [0.1, 0.15) is 129 Å². The molecule has 25 heteroatoms. The van der Waals surface area contributed by atoms with Crippen LogP contribution in [0.4, 0.5) is 0 Å². The normalized spacial score (nSPS) is 12.0. The molecule has 0 bridgehead atoms. The third-order valence-corrected chi connectivity index (χ3v) is 21.6. The standard InChI is InChI=1S/C39H45ClN5O5P.C30H28ClN3O4.C9H18ClN2OP.3CH4/c1-28(2)45(29(3)4)51(49-23-10-21-41)50-24-22-44-37(43-36-25-33(40)26-42-38(36)44)27-48-39(30-11-8-7-9-12-30,31-13-17-34(46-5)18-14-31)32-15-19-35(47-6)20-16-32;1-36-25-12-8-22(9-13-25)30(21-6-4-3-5-7-21,23-10-14-26(37-2)15-11-23)38-20-28-33-27-18-24(31)19-32-29(27)34(28)16-17-35;1-8(2)12(9(3)4)14(10)13-7-6-11-5;;;/h7-9,11-20,25-26,28-29H,10,22-24,27H2,1-6H3;3-15,18-19,35H,16-17,20H2,1-2H3;8-9H,6-7H2,1-4H3;3*1H4. The Hall–Kier alpha value is -7.85. The average Bonchev–Trinajstić information content (AvgIpc) is 0.821. The number of fused-ring (bicyclic) bond motifs is 2. The summed E-state index contributed by atoms with van der Waals surface area (Å²) in [6.07, 6.45) is 3.48. The fourth-order valence-corrected chi connectivity index (χ4v) is 16.3. The number of nitriles is 1. The third-order valence-electron chi connectivity index (χ3n) is 16.6. The van der Waals surface area contributed by atoms with E-state index in [0.29, 0.717) is 95.6 Å². The zero-order valence-corrected chi connectivity index (χ0v) is 64.4. The lowest BCUT2D eigenvalue weighted by Gasteiger charge is -2.36. The van der Waals surface area contributed by atoms with Crippen LogP contribution in [0, 0.1) is 17.9 Å². The highest BCUT2D eigenvalue weighted by molar-refractivity contribution is 7.78. The van der Waals surface area contributed by atoms with Crippen LogP contribution in [0.2, 0.25) is 10.0 Å². The topological polar surface area (TPSA) is 199 Å². The highest BCUT2D eigenvalue weighted by Gasteiger charge is 2.41. The van der Waals surface area contributed by atoms with Crippen LogP contribution in [-0.2, 0) is 60.6 Å². The number of halogens is 3. The summed E-state index contributed by atoms with van der Waals surface area (Å²) in [5.74, 6) is 4.27. The number of rotatable bonds is 34. The number of hydrogen-bond donors (Lipinski definition) is 1. The number of nitrogens with zero attached hydrogens (tertiary/aromatic N) is 10. The highest BCUT2D eigenvalue weighted by atomic mass is 35.7. The second-order valence-corrected chi connectivity index (χ2v) is 28.9. The fourth-order valence-electron chi connectivity index (χ4n) is 12.1. The van der Waals surface area contributed by atoms with Crippen molar-refractivity contribution in [2.24, 2.45) is 0 Å². The fraction of sp³-hybridized carbons (Fsp3) is 0.383. The van der Waals surface area contributed by atoms with Crippen LogP contribution in [0.15, 0.2) is 182 Å². The van der Waals surface area contributed by atoms with Gasteiger partial charge in [0.1, 0.15) is 76.7 Å². The van der Waals surface area contributed by atoms with Gasteiger partial charge in [-0.25, -0.2) is 35.8 Å². The number of aliphatic hydroxyl groups is 1. The summed E-state index contributed by atoms with van der Waals surface area (Å²) in [6, 6.07) is 58.6. The Morgan fingerprint density at radius 3 is 1.19 bits per heavy atom. The molecule has 0 radical (unpaired) electrons. The van der Waals surface area contributed by atoms with Crippen molar-refractivity contribution in [3.8, 4) is 29.1 Å². The van der Waals surface area contributed by atoms with Gasteiger partial charge in [-0.3, -0.25) is 0 Å². The van der Waals surface area contributed by atoms with Gasteiger partial charge in [-0.1, -0.05) is 155 Å². The number of pyridine rings is 2. The van der Waals surface area contributed by atoms with Gasteiger partial charge in [0, 0.05) is 49.7 Å². The Bertz CT molecular complexity index is 4190. The van der Waals surface area contributed by atoms with Gasteiger partial charge in [-0.05, 0) is 161 Å². The van der Waals surface area contributed by atoms with Crippen molar-refractivity contribution in [3.63, 3.8) is 0 Å². The van der Waals surface area contributed by atoms with Gasteiger partial charge in [-0.2, -0.15) is 5.26 Å². The number of imidazole rings is 2. The molecule has 0 saturated carbocycles. The van der Waals surface area contributed by atoms with Crippen LogP contribution < -0.4 is 18.9 Å². The van der Waals surface area contributed by atoms with Gasteiger partial charge in [-0.15, -0.1) is 0 Å². The molecule has 0 aliphatic heterocycles. The summed E-state index contributed by atoms with van der Waals surface area (Å²) in [5.41, 5.74) is 6.11. The quantitative estimate of drug-likeness (QED) is 0.0173. The Labute approximate surface area is 644 Å². The van der Waals surface area contributed by atoms with E-state index in [1.807, 2.05) is 155 Å². The van der Waals surface area contributed by atoms with Gasteiger partial charge in [0.05, 0.1) is 70.8 Å². The number of hydrogen-bond acceptors (Lipinski definition) is 17. The van der Waals surface area contributed by atoms with Crippen LogP contribution in [0.5, 0.6) is 23.0 Å². The molecular weight excluding hydrogens is 1440 g/mol. The number of ether oxygens (including phenoxy) is 6. The van der Waals surface area contributed by atoms with Crippen molar-refractivity contribution >= 4 is 72.9 Å². The van der Waals surface area contributed by atoms with Crippen LogP contribution in [0.3, 0.4) is 0 Å². The summed E-state index contributed by atoms with van der Waals surface area (Å²) in [5, 5.41) is 19.9. The molecule has 4 aromatic heterocycles. The van der Waals surface area contributed by atoms with E-state index in [1.54, 1.807) is 53.0 Å². The second-order valence-electron chi connectivity index (χ2n) is 24.5. The molecule has 1 N–H and O–H groups in total. The molecule has 0 amide bonds. The monoisotopic (exact) mass is 1540 g/mol. The average molecular weight is 1550 g/mol. The summed E-state index contributed by atoms with van der Waals surface area (Å²) in [6.45, 7) is 25.8. The smallest absolute Gasteiger partial charge is 0.259 e. The first-order valence-corrected chi connectivity index (χ1v) is 37.8. The van der Waals surface area contributed by atoms with Crippen LogP contribution >= 0.6 is 50.6 Å². The predicted molar refractivity (Wildman–Crippen MR) is 430 cm³/mol. The predicted octanol–water partition coefficient (Wildman–Crippen LogP) is 19.9. The molecule has 6 aromatic carbocycles. The van der Waals surface area contributed by atoms with Crippen molar-refractivity contribution in [1.29, 1.82) is 5.26 Å². The van der Waals surface area contributed by atoms with E-state index >= 15 is 0 Å². The van der Waals surface area contributed by atoms with Crippen molar-refractivity contribution in [3.05, 3.63) is 249 Å². The van der Waals surface area contributed by atoms with Gasteiger partial charge in [0.2, 0.25) is 14.2 Å². The van der Waals surface area contributed by atoms with Gasteiger partial charge in [0.15, 0.2) is 11.3 Å². The summed E-state index contributed by atoms with van der Waals surface area (Å²) in [4.78, 5) is 22.1. The first-order valence-electron chi connectivity index (χ1n) is 33.8. The molecule has 0 aliphatic rings. The zero-order chi connectivity index (χ0) is 74.1. The molecule has 2 unspecified atom stereocenters. The van der Waals surface area contributed by atoms with E-state index in [2.05, 4.69) is 97.7 Å². The zero-order valence-electron chi connectivity index (χ0n) is 60.3. The highest BCUT2D eigenvalue weighted by Crippen LogP contribution is 2.50. The molecule has 568 valence electrons. The minimum Gasteiger partial charge on any atom is -0.497 e. The first kappa shape index (κ1) is 88.8. The van der Waals surface area contributed by atoms with E-state index < -0.39 is 27.4 Å². The van der Waals surface area contributed by atoms with Crippen molar-refractivity contribution in [2.45, 2.75) is 146 Å². The molecule has 0 saturated heterocycles. The van der Waals surface area contributed by atoms with E-state index in [0.717, 1.165) is 56.4 Å². The van der Waals surface area contributed by atoms with Crippen molar-refractivity contribution < 1.29 is 47.1 Å². The number of methoxy groups -OCH3 is 4. The minimum atomic E-state index is -1.43. The summed E-state index contributed by atoms with van der Waals surface area (Å²) in [7, 11) is 4.09.